The van der Waals surface area contributed by atoms with E-state index in [4.69, 9.17) is 0 Å². The van der Waals surface area contributed by atoms with Gasteiger partial charge in [0.15, 0.2) is 0 Å². The van der Waals surface area contributed by atoms with Crippen LogP contribution in [0.5, 0.6) is 5.75 Å². The molecule has 0 aromatic heterocycles. The first-order valence-corrected chi connectivity index (χ1v) is 12.4. The van der Waals surface area contributed by atoms with Gasteiger partial charge in [0.1, 0.15) is 17.4 Å². The van der Waals surface area contributed by atoms with Gasteiger partial charge in [-0.25, -0.2) is 17.2 Å². The fraction of sp³-hybridized carbons (Fsp3) is 0.250. The number of nitrogens with one attached hydrogen (secondary N) is 2. The van der Waals surface area contributed by atoms with Crippen molar-refractivity contribution >= 4 is 15.7 Å². The lowest BCUT2D eigenvalue weighted by atomic mass is 9.98. The van der Waals surface area contributed by atoms with Crippen molar-refractivity contribution in [2.45, 2.75) is 25.2 Å². The molecule has 0 aliphatic rings. The Balaban J connectivity index is 1.78. The Morgan fingerprint density at radius 3 is 2.17 bits per heavy atom. The molecule has 0 aliphatic carbocycles. The summed E-state index contributed by atoms with van der Waals surface area (Å²) in [7, 11) is -3.72. The average molecular weight is 513 g/mol. The molecule has 0 aliphatic heterocycles. The molecule has 0 heterocycles. The van der Waals surface area contributed by atoms with Crippen LogP contribution >= 0.6 is 0 Å². The Bertz CT molecular complexity index is 1220. The highest BCUT2D eigenvalue weighted by molar-refractivity contribution is 7.92. The molecule has 0 bridgehead atoms. The first-order valence-electron chi connectivity index (χ1n) is 10.5. The maximum atomic E-state index is 14.0. The second-order valence-corrected chi connectivity index (χ2v) is 9.62. The third kappa shape index (κ3) is 8.23. The van der Waals surface area contributed by atoms with Gasteiger partial charge in [-0.3, -0.25) is 4.72 Å². The van der Waals surface area contributed by atoms with Crippen molar-refractivity contribution in [2.75, 3.05) is 17.5 Å². The van der Waals surface area contributed by atoms with Gasteiger partial charge in [0.05, 0.1) is 18.0 Å². The van der Waals surface area contributed by atoms with E-state index in [1.807, 2.05) is 0 Å². The number of sulfonamides is 1. The second kappa shape index (κ2) is 11.5. The van der Waals surface area contributed by atoms with E-state index in [0.717, 1.165) is 17.9 Å². The highest BCUT2D eigenvalue weighted by atomic mass is 32.2. The predicted molar refractivity (Wildman–Crippen MR) is 124 cm³/mol. The van der Waals surface area contributed by atoms with Gasteiger partial charge in [0.2, 0.25) is 10.0 Å². The molecule has 2 atom stereocenters. The second-order valence-electron chi connectivity index (χ2n) is 7.87. The van der Waals surface area contributed by atoms with Crippen LogP contribution in [0.1, 0.15) is 28.8 Å². The number of rotatable bonds is 11. The van der Waals surface area contributed by atoms with Crippen molar-refractivity contribution in [2.24, 2.45) is 0 Å². The summed E-state index contributed by atoms with van der Waals surface area (Å²) in [5.74, 6) is -1.20. The minimum atomic E-state index is -3.72. The van der Waals surface area contributed by atoms with Crippen LogP contribution in [0.3, 0.4) is 0 Å². The van der Waals surface area contributed by atoms with Gasteiger partial charge in [-0.2, -0.15) is 8.78 Å². The quantitative estimate of drug-likeness (QED) is 0.328. The molecular weight excluding hydrogens is 488 g/mol. The number of alkyl halides is 2. The molecule has 3 aromatic carbocycles. The molecule has 3 N–H and O–H groups in total. The van der Waals surface area contributed by atoms with Gasteiger partial charge in [-0.15, -0.1) is 0 Å². The smallest absolute Gasteiger partial charge is 0.387 e. The lowest BCUT2D eigenvalue weighted by molar-refractivity contribution is -0.0498. The fourth-order valence-corrected chi connectivity index (χ4v) is 4.00. The van der Waals surface area contributed by atoms with E-state index < -0.39 is 40.4 Å². The summed E-state index contributed by atoms with van der Waals surface area (Å²) in [6.07, 6.45) is 0.133. The van der Waals surface area contributed by atoms with E-state index in [1.165, 1.54) is 36.4 Å². The zero-order valence-electron chi connectivity index (χ0n) is 18.6. The summed E-state index contributed by atoms with van der Waals surface area (Å²) in [5, 5.41) is 13.8. The van der Waals surface area contributed by atoms with Gasteiger partial charge < -0.3 is 15.2 Å². The van der Waals surface area contributed by atoms with E-state index in [-0.39, 0.29) is 23.5 Å². The van der Waals surface area contributed by atoms with Crippen molar-refractivity contribution in [1.29, 1.82) is 0 Å². The lowest BCUT2D eigenvalue weighted by Gasteiger charge is -2.22. The van der Waals surface area contributed by atoms with Gasteiger partial charge in [-0.05, 0) is 59.5 Å². The standard InChI is InChI=1S/C24H24F4N2O4S/c1-35(32,33)30-22-13-17(6-11-20(22)26)23(31)14-29-21(12-15-2-7-18(25)8-3-15)16-4-9-19(10-5-16)34-24(27)28/h2-11,13,21,23-24,29-31H,12,14H2,1H3/t21?,23-/m1/s1. The molecule has 0 amide bonds. The van der Waals surface area contributed by atoms with Crippen molar-refractivity contribution < 1.29 is 35.8 Å². The van der Waals surface area contributed by atoms with E-state index in [2.05, 4.69) is 14.8 Å². The molecule has 188 valence electrons. The maximum absolute atomic E-state index is 14.0. The van der Waals surface area contributed by atoms with Crippen molar-refractivity contribution in [1.82, 2.24) is 5.32 Å². The highest BCUT2D eigenvalue weighted by Crippen LogP contribution is 2.25. The Morgan fingerprint density at radius 1 is 0.943 bits per heavy atom. The summed E-state index contributed by atoms with van der Waals surface area (Å²) in [4.78, 5) is 0. The Labute approximate surface area is 200 Å². The van der Waals surface area contributed by atoms with E-state index in [0.29, 0.717) is 12.0 Å². The molecule has 3 aromatic rings. The van der Waals surface area contributed by atoms with Crippen LogP contribution in [0.2, 0.25) is 0 Å². The molecule has 0 saturated heterocycles. The zero-order valence-corrected chi connectivity index (χ0v) is 19.4. The normalized spacial score (nSPS) is 13.5. The van der Waals surface area contributed by atoms with E-state index >= 15 is 0 Å². The Morgan fingerprint density at radius 2 is 1.57 bits per heavy atom. The van der Waals surface area contributed by atoms with Crippen molar-refractivity contribution in [3.63, 3.8) is 0 Å². The highest BCUT2D eigenvalue weighted by Gasteiger charge is 2.18. The number of hydrogen-bond donors (Lipinski definition) is 3. The minimum Gasteiger partial charge on any atom is -0.435 e. The number of ether oxygens (including phenoxy) is 1. The molecule has 0 fully saturated rings. The van der Waals surface area contributed by atoms with Crippen LogP contribution < -0.4 is 14.8 Å². The summed E-state index contributed by atoms with van der Waals surface area (Å²) in [5.41, 5.74) is 1.46. The van der Waals surface area contributed by atoms with Crippen LogP contribution in [0.4, 0.5) is 23.2 Å². The maximum Gasteiger partial charge on any atom is 0.387 e. The first-order chi connectivity index (χ1) is 16.5. The molecular formula is C24H24F4N2O4S. The number of aliphatic hydroxyl groups is 1. The van der Waals surface area contributed by atoms with Crippen LogP contribution in [-0.2, 0) is 16.4 Å². The fourth-order valence-electron chi connectivity index (χ4n) is 3.45. The molecule has 0 spiro atoms. The van der Waals surface area contributed by atoms with E-state index in [1.54, 1.807) is 24.3 Å². The van der Waals surface area contributed by atoms with Crippen LogP contribution in [0, 0.1) is 11.6 Å². The van der Waals surface area contributed by atoms with Crippen molar-refractivity contribution in [3.8, 4) is 5.75 Å². The monoisotopic (exact) mass is 512 g/mol. The van der Waals surface area contributed by atoms with Gasteiger partial charge in [0.25, 0.3) is 0 Å². The molecule has 0 radical (unpaired) electrons. The van der Waals surface area contributed by atoms with Crippen LogP contribution in [-0.4, -0.2) is 32.9 Å². The number of hydrogen-bond acceptors (Lipinski definition) is 5. The first kappa shape index (κ1) is 26.5. The predicted octanol–water partition coefficient (Wildman–Crippen LogP) is 4.54. The third-order valence-electron chi connectivity index (χ3n) is 5.09. The molecule has 0 saturated carbocycles. The summed E-state index contributed by atoms with van der Waals surface area (Å²) in [6, 6.07) is 15.0. The zero-order chi connectivity index (χ0) is 25.6. The summed E-state index contributed by atoms with van der Waals surface area (Å²) < 4.78 is 81.6. The third-order valence-corrected chi connectivity index (χ3v) is 5.68. The van der Waals surface area contributed by atoms with E-state index in [9.17, 15) is 31.1 Å². The average Bonchev–Trinajstić information content (AvgIpc) is 2.78. The number of anilines is 1. The summed E-state index contributed by atoms with van der Waals surface area (Å²) in [6.45, 7) is -2.97. The number of halogens is 4. The summed E-state index contributed by atoms with van der Waals surface area (Å²) >= 11 is 0. The minimum absolute atomic E-state index is 0.00884. The van der Waals surface area contributed by atoms with Crippen LogP contribution in [0.25, 0.3) is 0 Å². The van der Waals surface area contributed by atoms with Crippen LogP contribution in [0.15, 0.2) is 66.7 Å². The topological polar surface area (TPSA) is 87.7 Å². The Hall–Kier alpha value is -3.15. The van der Waals surface area contributed by atoms with Crippen molar-refractivity contribution in [3.05, 3.63) is 95.1 Å². The lowest BCUT2D eigenvalue weighted by Crippen LogP contribution is -2.28. The molecule has 1 unspecified atom stereocenters. The molecule has 3 rings (SSSR count). The van der Waals surface area contributed by atoms with Gasteiger partial charge in [0, 0.05) is 12.6 Å². The SMILES string of the molecule is CS(=O)(=O)Nc1cc([C@H](O)CNC(Cc2ccc(F)cc2)c2ccc(OC(F)F)cc2)ccc1F. The molecule has 11 heteroatoms. The number of aliphatic hydroxyl groups excluding tert-OH is 1. The largest absolute Gasteiger partial charge is 0.435 e. The van der Waals surface area contributed by atoms with Gasteiger partial charge in [-0.1, -0.05) is 30.3 Å². The number of benzene rings is 3. The van der Waals surface area contributed by atoms with Gasteiger partial charge >= 0.3 is 6.61 Å². The molecule has 35 heavy (non-hydrogen) atoms. The Kier molecular flexibility index (Phi) is 8.71. The molecule has 6 nitrogen and oxygen atoms in total.